The van der Waals surface area contributed by atoms with Crippen molar-refractivity contribution in [2.24, 2.45) is 5.41 Å². The number of aliphatic carboxylic acids is 1. The molecule has 1 heterocycles. The normalized spacial score (nSPS) is 17.1. The van der Waals surface area contributed by atoms with Gasteiger partial charge in [0.15, 0.2) is 5.16 Å². The second-order valence-electron chi connectivity index (χ2n) is 4.04. The summed E-state index contributed by atoms with van der Waals surface area (Å²) < 4.78 is 0. The number of rotatable bonds is 5. The molecule has 0 bridgehead atoms. The van der Waals surface area contributed by atoms with Gasteiger partial charge in [0.1, 0.15) is 0 Å². The summed E-state index contributed by atoms with van der Waals surface area (Å²) in [5, 5.41) is 9.93. The topological polar surface area (TPSA) is 63.1 Å². The number of halogens is 1. The standard InChI is InChI=1S/C10H11ClN2O2S/c11-7-4-12-9(13-5-7)16-6-10(1-2-10)3-8(14)15/h4-5H,1-3,6H2,(H,14,15). The Morgan fingerprint density at radius 3 is 2.62 bits per heavy atom. The van der Waals surface area contributed by atoms with E-state index in [4.69, 9.17) is 16.7 Å². The maximum Gasteiger partial charge on any atom is 0.303 e. The minimum atomic E-state index is -0.727. The fourth-order valence-corrected chi connectivity index (χ4v) is 2.64. The van der Waals surface area contributed by atoms with Gasteiger partial charge in [0, 0.05) is 5.75 Å². The van der Waals surface area contributed by atoms with Crippen molar-refractivity contribution < 1.29 is 9.90 Å². The van der Waals surface area contributed by atoms with Gasteiger partial charge in [0.25, 0.3) is 0 Å². The molecule has 4 nitrogen and oxygen atoms in total. The van der Waals surface area contributed by atoms with Crippen LogP contribution in [-0.2, 0) is 4.79 Å². The Hall–Kier alpha value is -0.810. The van der Waals surface area contributed by atoms with E-state index < -0.39 is 5.97 Å². The van der Waals surface area contributed by atoms with Crippen LogP contribution in [0.25, 0.3) is 0 Å². The summed E-state index contributed by atoms with van der Waals surface area (Å²) in [5.74, 6) is 0.0381. The average Bonchev–Trinajstić information content (AvgIpc) is 2.97. The fourth-order valence-electron chi connectivity index (χ4n) is 1.46. The molecule has 0 amide bonds. The molecule has 0 spiro atoms. The van der Waals surface area contributed by atoms with Gasteiger partial charge < -0.3 is 5.11 Å². The zero-order valence-corrected chi connectivity index (χ0v) is 10.1. The molecule has 1 N–H and O–H groups in total. The van der Waals surface area contributed by atoms with Crippen molar-refractivity contribution in [3.8, 4) is 0 Å². The number of carbonyl (C=O) groups is 1. The second-order valence-corrected chi connectivity index (χ2v) is 5.42. The van der Waals surface area contributed by atoms with E-state index in [1.54, 1.807) is 12.4 Å². The molecular weight excluding hydrogens is 248 g/mol. The Bertz CT molecular complexity index is 392. The van der Waals surface area contributed by atoms with Crippen molar-refractivity contribution in [1.29, 1.82) is 0 Å². The molecule has 1 fully saturated rings. The van der Waals surface area contributed by atoms with Gasteiger partial charge in [0.2, 0.25) is 0 Å². The van der Waals surface area contributed by atoms with Crippen molar-refractivity contribution in [1.82, 2.24) is 9.97 Å². The van der Waals surface area contributed by atoms with Gasteiger partial charge in [-0.25, -0.2) is 9.97 Å². The summed E-state index contributed by atoms with van der Waals surface area (Å²) in [6, 6.07) is 0. The van der Waals surface area contributed by atoms with Gasteiger partial charge in [0.05, 0.1) is 23.8 Å². The summed E-state index contributed by atoms with van der Waals surface area (Å²) in [5.41, 5.74) is -0.0283. The number of nitrogens with zero attached hydrogens (tertiary/aromatic N) is 2. The molecule has 0 atom stereocenters. The Kier molecular flexibility index (Phi) is 3.35. The third-order valence-corrected chi connectivity index (χ3v) is 4.01. The number of thioether (sulfide) groups is 1. The lowest BCUT2D eigenvalue weighted by Crippen LogP contribution is -2.11. The minimum Gasteiger partial charge on any atom is -0.481 e. The van der Waals surface area contributed by atoms with Gasteiger partial charge in [-0.2, -0.15) is 0 Å². The number of hydrogen-bond donors (Lipinski definition) is 1. The first-order chi connectivity index (χ1) is 7.60. The number of aromatic nitrogens is 2. The molecule has 0 saturated heterocycles. The van der Waals surface area contributed by atoms with E-state index >= 15 is 0 Å². The third-order valence-electron chi connectivity index (χ3n) is 2.59. The molecule has 1 aromatic heterocycles. The maximum absolute atomic E-state index is 10.7. The smallest absolute Gasteiger partial charge is 0.303 e. The molecule has 6 heteroatoms. The van der Waals surface area contributed by atoms with Crippen LogP contribution in [-0.4, -0.2) is 26.8 Å². The Balaban J connectivity index is 1.87. The van der Waals surface area contributed by atoms with Crippen molar-refractivity contribution in [3.05, 3.63) is 17.4 Å². The summed E-state index contributed by atoms with van der Waals surface area (Å²) >= 11 is 7.17. The van der Waals surface area contributed by atoms with Crippen LogP contribution in [0, 0.1) is 5.41 Å². The van der Waals surface area contributed by atoms with Crippen molar-refractivity contribution >= 4 is 29.3 Å². The maximum atomic E-state index is 10.7. The third kappa shape index (κ3) is 3.09. The van der Waals surface area contributed by atoms with Crippen LogP contribution in [0.1, 0.15) is 19.3 Å². The lowest BCUT2D eigenvalue weighted by atomic mass is 10.1. The molecule has 1 aliphatic carbocycles. The van der Waals surface area contributed by atoms with Crippen LogP contribution in [0.2, 0.25) is 5.02 Å². The monoisotopic (exact) mass is 258 g/mol. The summed E-state index contributed by atoms with van der Waals surface area (Å²) in [4.78, 5) is 18.8. The van der Waals surface area contributed by atoms with E-state index in [1.807, 2.05) is 0 Å². The molecule has 0 aliphatic heterocycles. The Morgan fingerprint density at radius 1 is 1.50 bits per heavy atom. The van der Waals surface area contributed by atoms with Gasteiger partial charge >= 0.3 is 5.97 Å². The number of carboxylic acid groups (broad SMARTS) is 1. The second kappa shape index (κ2) is 4.59. The highest BCUT2D eigenvalue weighted by Gasteiger charge is 2.44. The lowest BCUT2D eigenvalue weighted by Gasteiger charge is -2.10. The van der Waals surface area contributed by atoms with Gasteiger partial charge in [-0.05, 0) is 18.3 Å². The minimum absolute atomic E-state index is 0.0283. The zero-order chi connectivity index (χ0) is 11.6. The Morgan fingerprint density at radius 2 is 2.12 bits per heavy atom. The average molecular weight is 259 g/mol. The van der Waals surface area contributed by atoms with Crippen molar-refractivity contribution in [2.75, 3.05) is 5.75 Å². The Labute approximate surface area is 102 Å². The van der Waals surface area contributed by atoms with E-state index in [9.17, 15) is 4.79 Å². The highest BCUT2D eigenvalue weighted by atomic mass is 35.5. The first-order valence-corrected chi connectivity index (χ1v) is 6.28. The first-order valence-electron chi connectivity index (χ1n) is 4.92. The molecule has 16 heavy (non-hydrogen) atoms. The molecule has 1 aromatic rings. The largest absolute Gasteiger partial charge is 0.481 e. The van der Waals surface area contributed by atoms with E-state index in [-0.39, 0.29) is 11.8 Å². The molecule has 86 valence electrons. The van der Waals surface area contributed by atoms with Crippen molar-refractivity contribution in [3.63, 3.8) is 0 Å². The van der Waals surface area contributed by atoms with Gasteiger partial charge in [-0.15, -0.1) is 0 Å². The first kappa shape index (κ1) is 11.7. The van der Waals surface area contributed by atoms with Crippen LogP contribution in [0.15, 0.2) is 17.6 Å². The molecule has 2 rings (SSSR count). The van der Waals surface area contributed by atoms with Crippen LogP contribution in [0.4, 0.5) is 0 Å². The van der Waals surface area contributed by atoms with Gasteiger partial charge in [-0.1, -0.05) is 23.4 Å². The molecule has 1 aliphatic rings. The highest BCUT2D eigenvalue weighted by molar-refractivity contribution is 7.99. The predicted octanol–water partition coefficient (Wildman–Crippen LogP) is 2.48. The quantitative estimate of drug-likeness (QED) is 0.649. The van der Waals surface area contributed by atoms with Crippen LogP contribution in [0.5, 0.6) is 0 Å². The van der Waals surface area contributed by atoms with Crippen LogP contribution < -0.4 is 0 Å². The van der Waals surface area contributed by atoms with E-state index in [2.05, 4.69) is 9.97 Å². The molecule has 0 unspecified atom stereocenters. The van der Waals surface area contributed by atoms with E-state index in [0.717, 1.165) is 18.6 Å². The fraction of sp³-hybridized carbons (Fsp3) is 0.500. The lowest BCUT2D eigenvalue weighted by molar-refractivity contribution is -0.138. The van der Waals surface area contributed by atoms with Crippen molar-refractivity contribution in [2.45, 2.75) is 24.4 Å². The highest BCUT2D eigenvalue weighted by Crippen LogP contribution is 2.51. The summed E-state index contributed by atoms with van der Waals surface area (Å²) in [6.07, 6.45) is 5.31. The number of carboxylic acids is 1. The van der Waals surface area contributed by atoms with E-state index in [0.29, 0.717) is 10.2 Å². The molecule has 1 saturated carbocycles. The molecule has 0 radical (unpaired) electrons. The van der Waals surface area contributed by atoms with Crippen LogP contribution in [0.3, 0.4) is 0 Å². The SMILES string of the molecule is O=C(O)CC1(CSc2ncc(Cl)cn2)CC1. The van der Waals surface area contributed by atoms with Crippen LogP contribution >= 0.6 is 23.4 Å². The summed E-state index contributed by atoms with van der Waals surface area (Å²) in [7, 11) is 0. The molecular formula is C10H11ClN2O2S. The number of hydrogen-bond acceptors (Lipinski definition) is 4. The zero-order valence-electron chi connectivity index (χ0n) is 8.52. The summed E-state index contributed by atoms with van der Waals surface area (Å²) in [6.45, 7) is 0. The van der Waals surface area contributed by atoms with E-state index in [1.165, 1.54) is 11.8 Å². The molecule has 0 aromatic carbocycles. The predicted molar refractivity (Wildman–Crippen MR) is 61.7 cm³/mol. The van der Waals surface area contributed by atoms with Gasteiger partial charge in [-0.3, -0.25) is 4.79 Å².